The molecule has 8 aromatic rings. The summed E-state index contributed by atoms with van der Waals surface area (Å²) in [6, 6.07) is 37.0. The number of ether oxygens (including phenoxy) is 4. The largest absolute Gasteiger partial charge is 0.478 e. The Balaban J connectivity index is 0.000000203. The number of nitrogens with one attached hydrogen (secondary N) is 1. The summed E-state index contributed by atoms with van der Waals surface area (Å²) in [5.41, 5.74) is 20.9. The van der Waals surface area contributed by atoms with Crippen molar-refractivity contribution < 1.29 is 51.6 Å². The highest BCUT2D eigenvalue weighted by Crippen LogP contribution is 2.42. The Bertz CT molecular complexity index is 3700. The molecule has 4 fully saturated rings. The molecule has 4 aromatic carbocycles. The van der Waals surface area contributed by atoms with Gasteiger partial charge in [-0.15, -0.1) is 0 Å². The number of aromatic nitrogens is 6. The zero-order valence-electron chi connectivity index (χ0n) is 50.3. The molecule has 0 radical (unpaired) electrons. The van der Waals surface area contributed by atoms with Crippen LogP contribution in [0.1, 0.15) is 64.0 Å². The number of halogens is 3. The van der Waals surface area contributed by atoms with Crippen LogP contribution < -0.4 is 26.3 Å². The third-order valence-electron chi connectivity index (χ3n) is 16.1. The first kappa shape index (κ1) is 69.5. The van der Waals surface area contributed by atoms with E-state index in [-0.39, 0.29) is 26.8 Å². The van der Waals surface area contributed by atoms with Crippen molar-refractivity contribution in [1.82, 2.24) is 49.1 Å². The average Bonchev–Trinajstić information content (AvgIpc) is 1.60. The third kappa shape index (κ3) is 17.9. The molecule has 484 valence electrons. The van der Waals surface area contributed by atoms with Gasteiger partial charge in [0.1, 0.15) is 58.6 Å². The van der Waals surface area contributed by atoms with Gasteiger partial charge in [0.15, 0.2) is 0 Å². The fourth-order valence-electron chi connectivity index (χ4n) is 11.6. The molecule has 6 N–H and O–H groups in total. The number of nitrogen functional groups attached to an aromatic ring is 2. The van der Waals surface area contributed by atoms with Crippen molar-refractivity contribution in [3.8, 4) is 45.3 Å². The highest BCUT2D eigenvalue weighted by atomic mass is 19.4. The van der Waals surface area contributed by atoms with Crippen LogP contribution in [0.5, 0.6) is 23.0 Å². The van der Waals surface area contributed by atoms with E-state index in [2.05, 4.69) is 77.2 Å². The van der Waals surface area contributed by atoms with Crippen molar-refractivity contribution >= 4 is 51.9 Å². The minimum absolute atomic E-state index is 0. The number of likely N-dealkylation sites (N-methyl/N-ethyl adjacent to an activating group) is 2. The van der Waals surface area contributed by atoms with Gasteiger partial charge in [-0.05, 0) is 120 Å². The number of nitrogens with two attached hydrogens (primary N) is 2. The lowest BCUT2D eigenvalue weighted by atomic mass is 10.0. The monoisotopic (exact) mass is 1250 g/mol. The van der Waals surface area contributed by atoms with Crippen LogP contribution in [-0.4, -0.2) is 165 Å². The minimum atomic E-state index is -4.64. The molecule has 0 spiro atoms. The number of carbonyl (C=O) groups excluding carboxylic acids is 2. The summed E-state index contributed by atoms with van der Waals surface area (Å²) >= 11 is 0. The molecule has 12 rings (SSSR count). The first-order chi connectivity index (χ1) is 43.0. The second kappa shape index (κ2) is 32.7. The molecule has 4 atom stereocenters. The number of amides is 1. The number of aldehydes is 1. The fourth-order valence-corrected chi connectivity index (χ4v) is 11.6. The van der Waals surface area contributed by atoms with Gasteiger partial charge in [-0.2, -0.15) is 13.2 Å². The van der Waals surface area contributed by atoms with Crippen LogP contribution in [0.2, 0.25) is 0 Å². The molecule has 0 aliphatic carbocycles. The third-order valence-corrected chi connectivity index (χ3v) is 16.1. The number of para-hydroxylation sites is 2. The standard InChI is InChI=1S/C32H36N6O3.C23H23N5O.C9H15NO3.C2HF3O.2CH4/c1-22-29(23-10-12-27(13-11-23)41-26-7-4-3-5-8-26)30-31(33)34-21-35-32(30)38(22)24-14-17-37(19-24)28(39)9-6-16-36(2)25-15-18-40-20-25;1-15-20(16-7-9-19(10-8-16)29-18-5-3-2-4-6-18)21-22(24)26-14-27-23(21)28(15)17-11-12-25-13-17;1-10(5-2-3-9(11)12)8-4-6-13-7-8;3-2(4,5)1-6;;/h3-13,21,24-25H,14-20H2,1-2H3,(H2,33,34,35);2-10,14,17,25H,11-13H2,1H3,(H2,24,26,27);2-3,8H,4-7H2,1H3,(H,11,12);1H;2*1H4/b9-6+;;3-2+;;;/t24-,25+;17-;8-;;;/m110.../s1. The smallest absolute Gasteiger partial charge is 0.446 e. The summed E-state index contributed by atoms with van der Waals surface area (Å²) in [6.07, 6.45) is 7.86. The summed E-state index contributed by atoms with van der Waals surface area (Å²) < 4.78 is 58.4. The van der Waals surface area contributed by atoms with Gasteiger partial charge in [-0.25, -0.2) is 24.7 Å². The highest BCUT2D eigenvalue weighted by Gasteiger charge is 2.32. The number of fused-ring (bicyclic) bond motifs is 2. The fraction of sp³-hybridized carbons (Fsp3) is 0.368. The molecule has 20 nitrogen and oxygen atoms in total. The molecule has 0 unspecified atom stereocenters. The summed E-state index contributed by atoms with van der Waals surface area (Å²) in [5, 5.41) is 13.6. The molecule has 4 aliphatic rings. The van der Waals surface area contributed by atoms with Crippen molar-refractivity contribution in [1.29, 1.82) is 0 Å². The first-order valence-corrected chi connectivity index (χ1v) is 29.5. The van der Waals surface area contributed by atoms with E-state index in [0.29, 0.717) is 49.4 Å². The van der Waals surface area contributed by atoms with Gasteiger partial charge in [0.25, 0.3) is 0 Å². The number of hydrogen-bond acceptors (Lipinski definition) is 16. The molecule has 8 heterocycles. The van der Waals surface area contributed by atoms with Crippen LogP contribution in [0.3, 0.4) is 0 Å². The number of carboxylic acid groups (broad SMARTS) is 1. The van der Waals surface area contributed by atoms with Crippen LogP contribution in [0.4, 0.5) is 24.8 Å². The second-order valence-electron chi connectivity index (χ2n) is 22.0. The summed E-state index contributed by atoms with van der Waals surface area (Å²) in [6.45, 7) is 12.1. The lowest BCUT2D eigenvalue weighted by Gasteiger charge is -2.21. The number of alkyl halides is 3. The predicted molar refractivity (Wildman–Crippen MR) is 349 cm³/mol. The summed E-state index contributed by atoms with van der Waals surface area (Å²) in [4.78, 5) is 56.0. The van der Waals surface area contributed by atoms with Crippen molar-refractivity contribution in [3.63, 3.8) is 0 Å². The van der Waals surface area contributed by atoms with Gasteiger partial charge in [-0.3, -0.25) is 19.4 Å². The Morgan fingerprint density at radius 1 is 0.659 bits per heavy atom. The van der Waals surface area contributed by atoms with E-state index in [0.717, 1.165) is 150 Å². The van der Waals surface area contributed by atoms with Crippen LogP contribution in [0.25, 0.3) is 44.3 Å². The van der Waals surface area contributed by atoms with E-state index < -0.39 is 18.4 Å². The number of carbonyl (C=O) groups is 3. The Hall–Kier alpha value is -9.00. The van der Waals surface area contributed by atoms with Crippen molar-refractivity contribution in [3.05, 3.63) is 158 Å². The zero-order valence-corrected chi connectivity index (χ0v) is 50.3. The number of likely N-dealkylation sites (tertiary alicyclic amines) is 1. The molecule has 0 bridgehead atoms. The van der Waals surface area contributed by atoms with Crippen LogP contribution in [-0.2, 0) is 23.9 Å². The van der Waals surface area contributed by atoms with E-state index in [1.807, 2.05) is 115 Å². The molecule has 1 amide bonds. The van der Waals surface area contributed by atoms with Crippen molar-refractivity contribution in [2.75, 3.05) is 91.3 Å². The average molecular weight is 1250 g/mol. The summed E-state index contributed by atoms with van der Waals surface area (Å²) in [5.74, 6) is 3.27. The molecule has 91 heavy (non-hydrogen) atoms. The van der Waals surface area contributed by atoms with Gasteiger partial charge in [0, 0.05) is 98.7 Å². The molecule has 23 heteroatoms. The molecule has 4 aliphatic heterocycles. The van der Waals surface area contributed by atoms with Crippen LogP contribution in [0.15, 0.2) is 146 Å². The van der Waals surface area contributed by atoms with E-state index >= 15 is 0 Å². The van der Waals surface area contributed by atoms with Gasteiger partial charge in [-0.1, -0.05) is 87.7 Å². The van der Waals surface area contributed by atoms with Crippen LogP contribution >= 0.6 is 0 Å². The first-order valence-electron chi connectivity index (χ1n) is 29.5. The number of rotatable bonds is 16. The lowest BCUT2D eigenvalue weighted by molar-refractivity contribution is -0.156. The Kier molecular flexibility index (Phi) is 24.9. The number of hydrogen-bond donors (Lipinski definition) is 4. The van der Waals surface area contributed by atoms with Crippen LogP contribution in [0, 0.1) is 13.8 Å². The van der Waals surface area contributed by atoms with Crippen molar-refractivity contribution in [2.24, 2.45) is 0 Å². The Morgan fingerprint density at radius 2 is 1.10 bits per heavy atom. The van der Waals surface area contributed by atoms with E-state index in [4.69, 9.17) is 40.3 Å². The van der Waals surface area contributed by atoms with Crippen molar-refractivity contribution in [2.45, 2.75) is 84.7 Å². The van der Waals surface area contributed by atoms with Gasteiger partial charge in [0.05, 0.1) is 30.0 Å². The van der Waals surface area contributed by atoms with Gasteiger partial charge in [0.2, 0.25) is 12.2 Å². The maximum Gasteiger partial charge on any atom is 0.446 e. The minimum Gasteiger partial charge on any atom is -0.478 e. The molecule has 4 saturated heterocycles. The number of nitrogens with zero attached hydrogens (tertiary/aromatic N) is 9. The Morgan fingerprint density at radius 3 is 1.51 bits per heavy atom. The lowest BCUT2D eigenvalue weighted by Crippen LogP contribution is -2.32. The summed E-state index contributed by atoms with van der Waals surface area (Å²) in [7, 11) is 4.06. The maximum absolute atomic E-state index is 13.0. The topological polar surface area (TPSA) is 244 Å². The molecular weight excluding hydrogens is 1170 g/mol. The number of anilines is 2. The maximum atomic E-state index is 13.0. The van der Waals surface area contributed by atoms with E-state index in [1.165, 1.54) is 12.4 Å². The molecule has 0 saturated carbocycles. The van der Waals surface area contributed by atoms with Gasteiger partial charge >= 0.3 is 12.1 Å². The molecule has 4 aromatic heterocycles. The number of carboxylic acids is 1. The number of aliphatic carboxylic acids is 1. The second-order valence-corrected chi connectivity index (χ2v) is 22.0. The predicted octanol–water partition coefficient (Wildman–Crippen LogP) is 11.5. The van der Waals surface area contributed by atoms with E-state index in [9.17, 15) is 22.8 Å². The van der Waals surface area contributed by atoms with E-state index in [1.54, 1.807) is 18.5 Å². The molecular formula is C68H83F3N12O8. The van der Waals surface area contributed by atoms with Gasteiger partial charge < -0.3 is 54.9 Å². The highest BCUT2D eigenvalue weighted by molar-refractivity contribution is 6.03. The zero-order chi connectivity index (χ0) is 63.0. The number of benzene rings is 4. The normalized spacial score (nSPS) is 17.9. The Labute approximate surface area is 529 Å². The quantitative estimate of drug-likeness (QED) is 0.0519. The SMILES string of the molecule is C.C.CN(C/C=C/C(=O)O)[C@H]1CCOC1.Cc1c(-c2ccc(Oc3ccccc3)cc2)c2c(N)ncnc2n1[C@@H]1CCN(C(=O)/C=C/CN(C)[C@H]2CCOC2)C1.Cc1c(-c2ccc(Oc3ccccc3)cc2)c2c(N)ncnc2n1[C@@H]1CCNC1.O=CC(F)(F)F.